The van der Waals surface area contributed by atoms with Crippen LogP contribution in [0.5, 0.6) is 0 Å². The Kier molecular flexibility index (Phi) is 4.13. The van der Waals surface area contributed by atoms with Gasteiger partial charge in [-0.2, -0.15) is 5.10 Å². The predicted octanol–water partition coefficient (Wildman–Crippen LogP) is 2.56. The zero-order valence-corrected chi connectivity index (χ0v) is 20.1. The summed E-state index contributed by atoms with van der Waals surface area (Å²) in [7, 11) is 0. The molecule has 0 unspecified atom stereocenters. The smallest absolute Gasteiger partial charge is 0.165 e. The molecule has 11 heteroatoms. The molecule has 0 atom stereocenters. The molecule has 3 N–H and O–H groups in total. The highest BCUT2D eigenvalue weighted by atomic mass is 16.5. The highest BCUT2D eigenvalue weighted by Crippen LogP contribution is 2.48. The molecule has 1 spiro atoms. The third-order valence-corrected chi connectivity index (χ3v) is 7.30. The van der Waals surface area contributed by atoms with Gasteiger partial charge in [-0.15, -0.1) is 0 Å². The highest BCUT2D eigenvalue weighted by Gasteiger charge is 2.47. The number of rotatable bonds is 4. The zero-order valence-electron chi connectivity index (χ0n) is 20.1. The Bertz CT molecular complexity index is 1430. The fraction of sp³-hybridized carbons (Fsp3) is 0.500. The van der Waals surface area contributed by atoms with Gasteiger partial charge in [-0.3, -0.25) is 0 Å². The van der Waals surface area contributed by atoms with E-state index in [1.165, 1.54) is 6.33 Å². The van der Waals surface area contributed by atoms with Crippen molar-refractivity contribution in [1.82, 2.24) is 40.2 Å². The Labute approximate surface area is 202 Å². The van der Waals surface area contributed by atoms with Crippen molar-refractivity contribution in [2.75, 3.05) is 36.8 Å². The minimum atomic E-state index is -0.316. The van der Waals surface area contributed by atoms with Crippen molar-refractivity contribution < 1.29 is 4.52 Å². The first kappa shape index (κ1) is 20.7. The number of nitrogen functional groups attached to an aromatic ring is 1. The van der Waals surface area contributed by atoms with Crippen LogP contribution >= 0.6 is 0 Å². The van der Waals surface area contributed by atoms with Gasteiger partial charge in [-0.1, -0.05) is 5.16 Å². The summed E-state index contributed by atoms with van der Waals surface area (Å²) < 4.78 is 7.76. The molecule has 0 amide bonds. The molecule has 2 aliphatic heterocycles. The third-order valence-electron chi connectivity index (χ3n) is 7.30. The fourth-order valence-electron chi connectivity index (χ4n) is 5.17. The lowest BCUT2D eigenvalue weighted by Gasteiger charge is -2.56. The first-order valence-corrected chi connectivity index (χ1v) is 12.1. The van der Waals surface area contributed by atoms with Gasteiger partial charge < -0.3 is 20.5 Å². The lowest BCUT2D eigenvalue weighted by molar-refractivity contribution is 0.121. The van der Waals surface area contributed by atoms with Gasteiger partial charge in [0.05, 0.1) is 34.6 Å². The molecule has 2 saturated heterocycles. The van der Waals surface area contributed by atoms with E-state index in [9.17, 15) is 0 Å². The Morgan fingerprint density at radius 1 is 1.06 bits per heavy atom. The Morgan fingerprint density at radius 3 is 2.43 bits per heavy atom. The second kappa shape index (κ2) is 6.97. The van der Waals surface area contributed by atoms with Crippen LogP contribution in [0.3, 0.4) is 0 Å². The first-order valence-electron chi connectivity index (χ1n) is 12.1. The summed E-state index contributed by atoms with van der Waals surface area (Å²) in [5.74, 6) is 2.07. The van der Waals surface area contributed by atoms with Crippen LogP contribution in [0.15, 0.2) is 23.2 Å². The molecule has 7 rings (SSSR count). The molecule has 0 bridgehead atoms. The van der Waals surface area contributed by atoms with Crippen LogP contribution in [-0.2, 0) is 5.54 Å². The summed E-state index contributed by atoms with van der Waals surface area (Å²) in [6.45, 7) is 10.5. The number of nitrogens with two attached hydrogens (primary N) is 1. The number of nitrogens with zero attached hydrogens (tertiary/aromatic N) is 8. The van der Waals surface area contributed by atoms with E-state index in [0.717, 1.165) is 56.0 Å². The van der Waals surface area contributed by atoms with Crippen molar-refractivity contribution in [2.45, 2.75) is 45.1 Å². The largest absolute Gasteiger partial charge is 0.383 e. The van der Waals surface area contributed by atoms with Crippen LogP contribution in [0.25, 0.3) is 33.8 Å². The van der Waals surface area contributed by atoms with Crippen molar-refractivity contribution in [3.8, 4) is 22.8 Å². The van der Waals surface area contributed by atoms with Gasteiger partial charge in [-0.05, 0) is 33.6 Å². The number of fused-ring (bicyclic) bond motifs is 1. The van der Waals surface area contributed by atoms with Crippen molar-refractivity contribution in [2.24, 2.45) is 5.41 Å². The van der Waals surface area contributed by atoms with Gasteiger partial charge in [0.1, 0.15) is 23.5 Å². The number of nitrogens with one attached hydrogen (secondary N) is 1. The molecule has 35 heavy (non-hydrogen) atoms. The van der Waals surface area contributed by atoms with Crippen LogP contribution in [0.1, 0.15) is 45.3 Å². The minimum absolute atomic E-state index is 0.316. The summed E-state index contributed by atoms with van der Waals surface area (Å²) in [6.07, 6.45) is 7.39. The minimum Gasteiger partial charge on any atom is -0.383 e. The molecule has 3 fully saturated rings. The van der Waals surface area contributed by atoms with E-state index >= 15 is 0 Å². The van der Waals surface area contributed by atoms with E-state index in [1.54, 1.807) is 0 Å². The van der Waals surface area contributed by atoms with Crippen molar-refractivity contribution in [3.05, 3.63) is 24.5 Å². The van der Waals surface area contributed by atoms with Crippen molar-refractivity contribution in [1.29, 1.82) is 0 Å². The number of hydrogen-bond acceptors (Lipinski definition) is 10. The second-order valence-corrected chi connectivity index (χ2v) is 11.2. The lowest BCUT2D eigenvalue weighted by Crippen LogP contribution is -2.71. The normalized spacial score (nSPS) is 19.2. The summed E-state index contributed by atoms with van der Waals surface area (Å²) in [6, 6.07) is 0. The van der Waals surface area contributed by atoms with Gasteiger partial charge >= 0.3 is 0 Å². The molecule has 0 aromatic carbocycles. The standard InChI is InChI=1S/C24H28N10O/c1-23(2,3)34-22-16(20(25)29-12-30-22)17(31-34)18-15(19(35-32-18)13-4-5-13)21-27-6-14(7-28-21)33-10-24(11-33)8-26-9-24/h6-7,12-13,26H,4-5,8-11H2,1-3H3,(H2,25,29,30). The van der Waals surface area contributed by atoms with E-state index < -0.39 is 0 Å². The Hall–Kier alpha value is -3.60. The van der Waals surface area contributed by atoms with E-state index in [2.05, 4.69) is 46.1 Å². The van der Waals surface area contributed by atoms with Gasteiger partial charge in [0.15, 0.2) is 17.2 Å². The number of hydrogen-bond donors (Lipinski definition) is 2. The van der Waals surface area contributed by atoms with Gasteiger partial charge in [-0.25, -0.2) is 24.6 Å². The highest BCUT2D eigenvalue weighted by molar-refractivity contribution is 6.00. The molecular weight excluding hydrogens is 444 g/mol. The molecule has 4 aromatic heterocycles. The maximum absolute atomic E-state index is 6.33. The molecule has 11 nitrogen and oxygen atoms in total. The lowest BCUT2D eigenvalue weighted by atomic mass is 9.74. The van der Waals surface area contributed by atoms with Crippen LogP contribution in [-0.4, -0.2) is 61.1 Å². The summed E-state index contributed by atoms with van der Waals surface area (Å²) >= 11 is 0. The van der Waals surface area contributed by atoms with E-state index in [1.807, 2.05) is 17.1 Å². The Morgan fingerprint density at radius 2 is 1.80 bits per heavy atom. The van der Waals surface area contributed by atoms with Gasteiger partial charge in [0.25, 0.3) is 0 Å². The molecular formula is C24H28N10O. The quantitative estimate of drug-likeness (QED) is 0.456. The fourth-order valence-corrected chi connectivity index (χ4v) is 5.17. The Balaban J connectivity index is 1.34. The monoisotopic (exact) mass is 472 g/mol. The van der Waals surface area contributed by atoms with Crippen molar-refractivity contribution in [3.63, 3.8) is 0 Å². The molecule has 1 saturated carbocycles. The summed E-state index contributed by atoms with van der Waals surface area (Å²) in [5, 5.41) is 13.4. The average molecular weight is 473 g/mol. The predicted molar refractivity (Wildman–Crippen MR) is 131 cm³/mol. The molecule has 1 aliphatic carbocycles. The molecule has 180 valence electrons. The van der Waals surface area contributed by atoms with Gasteiger partial charge in [0, 0.05) is 37.5 Å². The molecule has 4 aromatic rings. The maximum Gasteiger partial charge on any atom is 0.165 e. The molecule has 3 aliphatic rings. The number of aromatic nitrogens is 7. The number of anilines is 2. The topological polar surface area (TPSA) is 137 Å². The van der Waals surface area contributed by atoms with Crippen LogP contribution in [0.4, 0.5) is 11.5 Å². The summed E-state index contributed by atoms with van der Waals surface area (Å²) in [5.41, 5.74) is 10.1. The van der Waals surface area contributed by atoms with Crippen molar-refractivity contribution >= 4 is 22.5 Å². The van der Waals surface area contributed by atoms with Gasteiger partial charge in [0.2, 0.25) is 0 Å². The van der Waals surface area contributed by atoms with Crippen LogP contribution in [0.2, 0.25) is 0 Å². The SMILES string of the molecule is CC(C)(C)n1nc(-c2noc(C3CC3)c2-c2ncc(N3CC4(CNC4)C3)cn2)c2c(N)ncnc21. The maximum atomic E-state index is 6.33. The van der Waals surface area contributed by atoms with E-state index in [0.29, 0.717) is 45.4 Å². The second-order valence-electron chi connectivity index (χ2n) is 11.2. The first-order chi connectivity index (χ1) is 16.8. The van der Waals surface area contributed by atoms with Crippen LogP contribution in [0, 0.1) is 5.41 Å². The average Bonchev–Trinajstić information content (AvgIpc) is 3.38. The summed E-state index contributed by atoms with van der Waals surface area (Å²) in [4.78, 5) is 20.6. The molecule has 6 heterocycles. The molecule has 0 radical (unpaired) electrons. The zero-order chi connectivity index (χ0) is 23.9. The van der Waals surface area contributed by atoms with E-state index in [4.69, 9.17) is 25.3 Å². The van der Waals surface area contributed by atoms with Crippen LogP contribution < -0.4 is 16.0 Å². The van der Waals surface area contributed by atoms with E-state index in [-0.39, 0.29) is 5.54 Å². The third kappa shape index (κ3) is 3.14.